The summed E-state index contributed by atoms with van der Waals surface area (Å²) in [7, 11) is 0. The van der Waals surface area contributed by atoms with Gasteiger partial charge >= 0.3 is 0 Å². The number of hydrogen-bond donors (Lipinski definition) is 2. The van der Waals surface area contributed by atoms with Gasteiger partial charge in [-0.25, -0.2) is 9.50 Å². The largest absolute Gasteiger partial charge is 0.352 e. The van der Waals surface area contributed by atoms with Crippen LogP contribution in [-0.4, -0.2) is 25.5 Å². The SMILES string of the molecule is Cc1[nH]cnc1CC(=O)NCc1cccn2nccc12. The summed E-state index contributed by atoms with van der Waals surface area (Å²) in [6, 6.07) is 5.83. The van der Waals surface area contributed by atoms with E-state index in [4.69, 9.17) is 0 Å². The average Bonchev–Trinajstić information content (AvgIpc) is 3.06. The van der Waals surface area contributed by atoms with Crippen LogP contribution in [0.3, 0.4) is 0 Å². The van der Waals surface area contributed by atoms with Crippen LogP contribution >= 0.6 is 0 Å². The second-order valence-electron chi connectivity index (χ2n) is 4.62. The first kappa shape index (κ1) is 12.4. The molecule has 2 N–H and O–H groups in total. The smallest absolute Gasteiger partial charge is 0.226 e. The van der Waals surface area contributed by atoms with Gasteiger partial charge in [0.25, 0.3) is 0 Å². The third-order valence-electron chi connectivity index (χ3n) is 3.26. The third kappa shape index (κ3) is 2.40. The third-order valence-corrected chi connectivity index (χ3v) is 3.26. The predicted octanol–water partition coefficient (Wildman–Crippen LogP) is 1.22. The number of hydrogen-bond acceptors (Lipinski definition) is 3. The molecule has 0 bridgehead atoms. The first-order valence-corrected chi connectivity index (χ1v) is 6.41. The molecule has 20 heavy (non-hydrogen) atoms. The number of carbonyl (C=O) groups excluding carboxylic acids is 1. The van der Waals surface area contributed by atoms with Crippen LogP contribution in [0.2, 0.25) is 0 Å². The molecule has 0 aliphatic rings. The van der Waals surface area contributed by atoms with Gasteiger partial charge in [0.15, 0.2) is 0 Å². The Morgan fingerprint density at radius 2 is 2.35 bits per heavy atom. The Balaban J connectivity index is 1.66. The molecule has 6 nitrogen and oxygen atoms in total. The molecular weight excluding hydrogens is 254 g/mol. The number of aryl methyl sites for hydroxylation is 1. The van der Waals surface area contributed by atoms with Crippen LogP contribution in [0, 0.1) is 6.92 Å². The van der Waals surface area contributed by atoms with Gasteiger partial charge in [-0.1, -0.05) is 6.07 Å². The maximum atomic E-state index is 11.9. The number of fused-ring (bicyclic) bond motifs is 1. The van der Waals surface area contributed by atoms with Crippen molar-refractivity contribution in [2.24, 2.45) is 0 Å². The van der Waals surface area contributed by atoms with Crippen LogP contribution in [-0.2, 0) is 17.8 Å². The topological polar surface area (TPSA) is 75.1 Å². The molecule has 3 rings (SSSR count). The highest BCUT2D eigenvalue weighted by atomic mass is 16.1. The second kappa shape index (κ2) is 5.16. The summed E-state index contributed by atoms with van der Waals surface area (Å²) in [5.74, 6) is -0.0401. The van der Waals surface area contributed by atoms with E-state index in [1.807, 2.05) is 31.3 Å². The van der Waals surface area contributed by atoms with Gasteiger partial charge < -0.3 is 10.3 Å². The highest BCUT2D eigenvalue weighted by Gasteiger charge is 2.09. The first-order chi connectivity index (χ1) is 9.74. The molecule has 0 aliphatic heterocycles. The summed E-state index contributed by atoms with van der Waals surface area (Å²) in [4.78, 5) is 19.0. The summed E-state index contributed by atoms with van der Waals surface area (Å²) in [5.41, 5.74) is 3.75. The van der Waals surface area contributed by atoms with Gasteiger partial charge in [-0.05, 0) is 24.6 Å². The van der Waals surface area contributed by atoms with Crippen LogP contribution in [0.25, 0.3) is 5.52 Å². The Morgan fingerprint density at radius 3 is 3.15 bits per heavy atom. The van der Waals surface area contributed by atoms with E-state index >= 15 is 0 Å². The molecule has 0 aliphatic carbocycles. The maximum absolute atomic E-state index is 11.9. The fourth-order valence-corrected chi connectivity index (χ4v) is 2.14. The van der Waals surface area contributed by atoms with Crippen LogP contribution in [0.4, 0.5) is 0 Å². The number of aromatic amines is 1. The molecule has 102 valence electrons. The molecule has 0 saturated carbocycles. The molecule has 3 aromatic heterocycles. The normalized spacial score (nSPS) is 10.8. The molecule has 0 atom stereocenters. The van der Waals surface area contributed by atoms with Crippen LogP contribution in [0.5, 0.6) is 0 Å². The van der Waals surface area contributed by atoms with E-state index < -0.39 is 0 Å². The number of nitrogens with one attached hydrogen (secondary N) is 2. The van der Waals surface area contributed by atoms with Gasteiger partial charge in [0.05, 0.1) is 24.0 Å². The van der Waals surface area contributed by atoms with E-state index in [0.717, 1.165) is 22.5 Å². The van der Waals surface area contributed by atoms with E-state index in [2.05, 4.69) is 20.4 Å². The molecule has 6 heteroatoms. The molecular formula is C14H15N5O. The van der Waals surface area contributed by atoms with E-state index in [-0.39, 0.29) is 12.3 Å². The summed E-state index contributed by atoms with van der Waals surface area (Å²) in [6.45, 7) is 2.39. The molecule has 0 radical (unpaired) electrons. The van der Waals surface area contributed by atoms with Crippen molar-refractivity contribution in [3.05, 3.63) is 53.9 Å². The lowest BCUT2D eigenvalue weighted by Crippen LogP contribution is -2.25. The number of nitrogens with zero attached hydrogens (tertiary/aromatic N) is 3. The molecule has 0 spiro atoms. The van der Waals surface area contributed by atoms with E-state index in [1.54, 1.807) is 17.0 Å². The molecule has 3 aromatic rings. The lowest BCUT2D eigenvalue weighted by atomic mass is 10.2. The lowest BCUT2D eigenvalue weighted by molar-refractivity contribution is -0.120. The summed E-state index contributed by atoms with van der Waals surface area (Å²) >= 11 is 0. The first-order valence-electron chi connectivity index (χ1n) is 6.41. The van der Waals surface area contributed by atoms with Gasteiger partial charge in [-0.2, -0.15) is 5.10 Å². The van der Waals surface area contributed by atoms with E-state index in [0.29, 0.717) is 6.54 Å². The van der Waals surface area contributed by atoms with E-state index in [9.17, 15) is 4.79 Å². The van der Waals surface area contributed by atoms with Gasteiger partial charge in [0.1, 0.15) is 0 Å². The minimum atomic E-state index is -0.0401. The van der Waals surface area contributed by atoms with Gasteiger partial charge in [-0.3, -0.25) is 4.79 Å². The Bertz CT molecular complexity index is 743. The number of H-pyrrole nitrogens is 1. The molecule has 1 amide bonds. The number of pyridine rings is 1. The van der Waals surface area contributed by atoms with Crippen molar-refractivity contribution in [1.29, 1.82) is 0 Å². The van der Waals surface area contributed by atoms with Crippen molar-refractivity contribution in [1.82, 2.24) is 24.9 Å². The summed E-state index contributed by atoms with van der Waals surface area (Å²) in [6.07, 6.45) is 5.52. The maximum Gasteiger partial charge on any atom is 0.226 e. The molecule has 0 saturated heterocycles. The standard InChI is InChI=1S/C14H15N5O/c1-10-12(17-9-16-10)7-14(20)15-8-11-3-2-6-19-13(11)4-5-18-19/h2-6,9H,7-8H2,1H3,(H,15,20)(H,16,17). The summed E-state index contributed by atoms with van der Waals surface area (Å²) in [5, 5.41) is 7.08. The Hall–Kier alpha value is -2.63. The Labute approximate surface area is 115 Å². The quantitative estimate of drug-likeness (QED) is 0.748. The zero-order valence-corrected chi connectivity index (χ0v) is 11.1. The minimum Gasteiger partial charge on any atom is -0.352 e. The second-order valence-corrected chi connectivity index (χ2v) is 4.62. The highest BCUT2D eigenvalue weighted by molar-refractivity contribution is 5.78. The number of carbonyl (C=O) groups is 1. The van der Waals surface area contributed by atoms with Crippen molar-refractivity contribution in [3.63, 3.8) is 0 Å². The number of amides is 1. The minimum absolute atomic E-state index is 0.0401. The van der Waals surface area contributed by atoms with Crippen molar-refractivity contribution >= 4 is 11.4 Å². The highest BCUT2D eigenvalue weighted by Crippen LogP contribution is 2.09. The molecule has 0 aromatic carbocycles. The molecule has 0 unspecified atom stereocenters. The number of imidazole rings is 1. The molecule has 3 heterocycles. The number of rotatable bonds is 4. The monoisotopic (exact) mass is 269 g/mol. The Kier molecular flexibility index (Phi) is 3.20. The van der Waals surface area contributed by atoms with Crippen LogP contribution < -0.4 is 5.32 Å². The van der Waals surface area contributed by atoms with Crippen molar-refractivity contribution in [2.75, 3.05) is 0 Å². The van der Waals surface area contributed by atoms with Crippen LogP contribution in [0.1, 0.15) is 17.0 Å². The predicted molar refractivity (Wildman–Crippen MR) is 74.1 cm³/mol. The van der Waals surface area contributed by atoms with Crippen molar-refractivity contribution in [2.45, 2.75) is 19.9 Å². The fourth-order valence-electron chi connectivity index (χ4n) is 2.14. The lowest BCUT2D eigenvalue weighted by Gasteiger charge is -2.06. The van der Waals surface area contributed by atoms with Gasteiger partial charge in [0, 0.05) is 24.6 Å². The fraction of sp³-hybridized carbons (Fsp3) is 0.214. The van der Waals surface area contributed by atoms with Crippen molar-refractivity contribution in [3.8, 4) is 0 Å². The summed E-state index contributed by atoms with van der Waals surface area (Å²) < 4.78 is 1.79. The van der Waals surface area contributed by atoms with Gasteiger partial charge in [-0.15, -0.1) is 0 Å². The number of aromatic nitrogens is 4. The zero-order chi connectivity index (χ0) is 13.9. The van der Waals surface area contributed by atoms with Crippen molar-refractivity contribution < 1.29 is 4.79 Å². The zero-order valence-electron chi connectivity index (χ0n) is 11.1. The van der Waals surface area contributed by atoms with Crippen LogP contribution in [0.15, 0.2) is 36.9 Å². The van der Waals surface area contributed by atoms with E-state index in [1.165, 1.54) is 0 Å². The average molecular weight is 269 g/mol. The van der Waals surface area contributed by atoms with Gasteiger partial charge in [0.2, 0.25) is 5.91 Å². The molecule has 0 fully saturated rings. The Morgan fingerprint density at radius 1 is 1.45 bits per heavy atom.